The van der Waals surface area contributed by atoms with Gasteiger partial charge in [0.15, 0.2) is 0 Å². The Morgan fingerprint density at radius 2 is 0.964 bits per heavy atom. The average molecular weight is 427 g/mol. The van der Waals surface area contributed by atoms with Crippen molar-refractivity contribution in [3.63, 3.8) is 0 Å². The van der Waals surface area contributed by atoms with Crippen LogP contribution in [0.25, 0.3) is 0 Å². The van der Waals surface area contributed by atoms with E-state index in [1.807, 2.05) is 0 Å². The van der Waals surface area contributed by atoms with Gasteiger partial charge in [-0.05, 0) is 24.3 Å². The quantitative estimate of drug-likeness (QED) is 0.512. The third kappa shape index (κ3) is 4.05. The Bertz CT molecular complexity index is 878. The summed E-state index contributed by atoms with van der Waals surface area (Å²) < 4.78 is 19.9. The molecule has 0 radical (unpaired) electrons. The van der Waals surface area contributed by atoms with Gasteiger partial charge in [-0.2, -0.15) is 0 Å². The minimum absolute atomic E-state index is 0.0324. The van der Waals surface area contributed by atoms with E-state index >= 15 is 0 Å². The molecule has 2 rings (SSSR count). The molecular weight excluding hydrogens is 411 g/mol. The van der Waals surface area contributed by atoms with Gasteiger partial charge in [-0.1, -0.05) is 23.2 Å². The lowest BCUT2D eigenvalue weighted by atomic mass is 9.97. The lowest BCUT2D eigenvalue weighted by Gasteiger charge is -2.16. The molecule has 0 saturated heterocycles. The molecule has 0 unspecified atom stereocenters. The lowest BCUT2D eigenvalue weighted by molar-refractivity contribution is 0.0588. The molecule has 0 aliphatic heterocycles. The zero-order valence-corrected chi connectivity index (χ0v) is 16.9. The molecule has 0 amide bonds. The fourth-order valence-corrected chi connectivity index (χ4v) is 3.07. The molecule has 0 bridgehead atoms. The van der Waals surface area contributed by atoms with E-state index in [1.165, 1.54) is 52.7 Å². The maximum absolute atomic E-state index is 13.3. The number of ether oxygens (including phenoxy) is 4. The molecule has 0 fully saturated rings. The number of halogens is 2. The van der Waals surface area contributed by atoms with Crippen molar-refractivity contribution in [1.82, 2.24) is 0 Å². The van der Waals surface area contributed by atoms with Crippen LogP contribution in [0.1, 0.15) is 36.6 Å². The zero-order chi connectivity index (χ0) is 21.0. The van der Waals surface area contributed by atoms with Gasteiger partial charge < -0.3 is 18.9 Å². The van der Waals surface area contributed by atoms with Gasteiger partial charge >= 0.3 is 11.9 Å². The summed E-state index contributed by atoms with van der Waals surface area (Å²) in [5.74, 6) is -2.18. The Morgan fingerprint density at radius 3 is 1.25 bits per heavy atom. The summed E-state index contributed by atoms with van der Waals surface area (Å²) in [7, 11) is 4.96. The normalized spacial score (nSPS) is 10.2. The molecule has 148 valence electrons. The van der Waals surface area contributed by atoms with Gasteiger partial charge in [0.2, 0.25) is 5.78 Å². The molecule has 0 aliphatic rings. The van der Waals surface area contributed by atoms with E-state index in [0.29, 0.717) is 0 Å². The third-order valence-electron chi connectivity index (χ3n) is 3.82. The molecule has 0 atom stereocenters. The molecular formula is C19H16Cl2O7. The summed E-state index contributed by atoms with van der Waals surface area (Å²) in [5.41, 5.74) is -0.136. The number of ketones is 1. The van der Waals surface area contributed by atoms with Crippen LogP contribution in [-0.2, 0) is 9.47 Å². The van der Waals surface area contributed by atoms with Gasteiger partial charge in [0.25, 0.3) is 0 Å². The highest BCUT2D eigenvalue weighted by molar-refractivity contribution is 6.33. The molecule has 9 heteroatoms. The second-order valence-electron chi connectivity index (χ2n) is 5.38. The number of rotatable bonds is 6. The third-order valence-corrected chi connectivity index (χ3v) is 4.25. The fourth-order valence-electron chi connectivity index (χ4n) is 2.63. The number of hydrogen-bond acceptors (Lipinski definition) is 7. The number of benzene rings is 2. The zero-order valence-electron chi connectivity index (χ0n) is 15.4. The fraction of sp³-hybridized carbons (Fsp3) is 0.211. The molecule has 2 aromatic carbocycles. The van der Waals surface area contributed by atoms with Crippen molar-refractivity contribution in [1.29, 1.82) is 0 Å². The van der Waals surface area contributed by atoms with Crippen LogP contribution in [0.3, 0.4) is 0 Å². The summed E-state index contributed by atoms with van der Waals surface area (Å²) in [5, 5.41) is 0.220. The second-order valence-corrected chi connectivity index (χ2v) is 6.25. The highest BCUT2D eigenvalue weighted by atomic mass is 35.5. The lowest BCUT2D eigenvalue weighted by Crippen LogP contribution is -2.13. The van der Waals surface area contributed by atoms with Crippen molar-refractivity contribution in [2.24, 2.45) is 0 Å². The van der Waals surface area contributed by atoms with E-state index in [4.69, 9.17) is 42.1 Å². The monoisotopic (exact) mass is 426 g/mol. The molecule has 0 saturated carbocycles. The number of methoxy groups -OCH3 is 4. The summed E-state index contributed by atoms with van der Waals surface area (Å²) in [6.07, 6.45) is 0. The van der Waals surface area contributed by atoms with Crippen LogP contribution in [0.15, 0.2) is 24.3 Å². The Kier molecular flexibility index (Phi) is 6.88. The first-order chi connectivity index (χ1) is 13.3. The van der Waals surface area contributed by atoms with Crippen molar-refractivity contribution in [2.75, 3.05) is 28.4 Å². The molecule has 0 spiro atoms. The first-order valence-corrected chi connectivity index (χ1v) is 8.51. The molecule has 28 heavy (non-hydrogen) atoms. The average Bonchev–Trinajstić information content (AvgIpc) is 2.70. The number of esters is 2. The maximum Gasteiger partial charge on any atom is 0.341 e. The Morgan fingerprint density at radius 1 is 0.643 bits per heavy atom. The second kappa shape index (κ2) is 8.95. The first kappa shape index (κ1) is 21.5. The van der Waals surface area contributed by atoms with Crippen molar-refractivity contribution in [3.8, 4) is 11.5 Å². The summed E-state index contributed by atoms with van der Waals surface area (Å²) >= 11 is 12.1. The smallest absolute Gasteiger partial charge is 0.341 e. The highest BCUT2D eigenvalue weighted by Crippen LogP contribution is 2.35. The Balaban J connectivity index is 2.77. The molecule has 0 N–H and O–H groups in total. The highest BCUT2D eigenvalue weighted by Gasteiger charge is 2.28. The van der Waals surface area contributed by atoms with Crippen LogP contribution in [0, 0.1) is 0 Å². The topological polar surface area (TPSA) is 88.1 Å². The van der Waals surface area contributed by atoms with E-state index < -0.39 is 17.7 Å². The van der Waals surface area contributed by atoms with Crippen molar-refractivity contribution >= 4 is 40.9 Å². The van der Waals surface area contributed by atoms with Crippen molar-refractivity contribution in [3.05, 3.63) is 56.6 Å². The van der Waals surface area contributed by atoms with Gasteiger partial charge in [-0.3, -0.25) is 4.79 Å². The molecule has 0 aromatic heterocycles. The number of hydrogen-bond donors (Lipinski definition) is 0. The van der Waals surface area contributed by atoms with E-state index in [1.54, 1.807) is 0 Å². The van der Waals surface area contributed by atoms with Crippen LogP contribution in [0.2, 0.25) is 10.0 Å². The van der Waals surface area contributed by atoms with Gasteiger partial charge in [0.1, 0.15) is 22.6 Å². The number of carbonyl (C=O) groups is 3. The van der Waals surface area contributed by atoms with E-state index in [9.17, 15) is 14.4 Å². The van der Waals surface area contributed by atoms with Crippen molar-refractivity contribution in [2.45, 2.75) is 0 Å². The molecule has 0 heterocycles. The van der Waals surface area contributed by atoms with Crippen LogP contribution in [0.5, 0.6) is 11.5 Å². The predicted octanol–water partition coefficient (Wildman–Crippen LogP) is 3.81. The Labute approximate surface area is 171 Å². The van der Waals surface area contributed by atoms with E-state index in [2.05, 4.69) is 0 Å². The SMILES string of the molecule is COC(=O)c1cc(Cl)cc(C(=O)c2cc(Cl)cc(C(=O)OC)c2OC)c1OC. The van der Waals surface area contributed by atoms with Gasteiger partial charge in [-0.25, -0.2) is 9.59 Å². The van der Waals surface area contributed by atoms with Gasteiger partial charge in [-0.15, -0.1) is 0 Å². The molecule has 0 aliphatic carbocycles. The van der Waals surface area contributed by atoms with Crippen LogP contribution in [-0.4, -0.2) is 46.2 Å². The number of carbonyl (C=O) groups excluding carboxylic acids is 3. The Hall–Kier alpha value is -2.77. The van der Waals surface area contributed by atoms with E-state index in [0.717, 1.165) is 0 Å². The summed E-state index contributed by atoms with van der Waals surface area (Å²) in [4.78, 5) is 37.3. The summed E-state index contributed by atoms with van der Waals surface area (Å²) in [6.45, 7) is 0. The largest absolute Gasteiger partial charge is 0.495 e. The molecule has 2 aromatic rings. The van der Waals surface area contributed by atoms with Crippen LogP contribution in [0.4, 0.5) is 0 Å². The van der Waals surface area contributed by atoms with Crippen LogP contribution >= 0.6 is 23.2 Å². The van der Waals surface area contributed by atoms with Gasteiger partial charge in [0, 0.05) is 10.0 Å². The minimum atomic E-state index is -0.735. The predicted molar refractivity (Wildman–Crippen MR) is 102 cm³/mol. The van der Waals surface area contributed by atoms with Gasteiger partial charge in [0.05, 0.1) is 39.6 Å². The van der Waals surface area contributed by atoms with Crippen molar-refractivity contribution < 1.29 is 33.3 Å². The first-order valence-electron chi connectivity index (χ1n) is 7.75. The molecule has 7 nitrogen and oxygen atoms in total. The summed E-state index contributed by atoms with van der Waals surface area (Å²) in [6, 6.07) is 5.29. The van der Waals surface area contributed by atoms with E-state index in [-0.39, 0.29) is 43.8 Å². The minimum Gasteiger partial charge on any atom is -0.495 e. The van der Waals surface area contributed by atoms with Crippen LogP contribution < -0.4 is 9.47 Å². The standard InChI is InChI=1S/C19H16Cl2O7/c1-25-16-11(5-9(20)7-13(16)18(23)27-3)15(22)12-6-10(21)8-14(17(12)26-2)19(24)28-4/h5-8H,1-4H3. The maximum atomic E-state index is 13.3.